The van der Waals surface area contributed by atoms with Gasteiger partial charge in [-0.25, -0.2) is 13.4 Å². The lowest BCUT2D eigenvalue weighted by Crippen LogP contribution is -2.38. The van der Waals surface area contributed by atoms with E-state index in [0.29, 0.717) is 11.4 Å². The molecule has 0 N–H and O–H groups in total. The molecule has 1 aliphatic rings. The van der Waals surface area contributed by atoms with Crippen LogP contribution in [0.4, 0.5) is 0 Å². The van der Waals surface area contributed by atoms with Crippen molar-refractivity contribution < 1.29 is 8.42 Å². The molecule has 2 heterocycles. The van der Waals surface area contributed by atoms with Gasteiger partial charge in [0.15, 0.2) is 0 Å². The standard InChI is InChI=1S/C21H28N2O2S2/c1-16-8-11-18(12-9-16)27(24,25)23-14-6-5-7-19(23)17-10-13-20(22-15-17)26-21(2,3)4/h8-13,15,19H,5-7,14H2,1-4H3/t19-/m0/s1. The largest absolute Gasteiger partial charge is 0.250 e. The van der Waals surface area contributed by atoms with Crippen LogP contribution >= 0.6 is 11.8 Å². The summed E-state index contributed by atoms with van der Waals surface area (Å²) >= 11 is 1.72. The summed E-state index contributed by atoms with van der Waals surface area (Å²) in [6.45, 7) is 8.99. The molecule has 1 aromatic heterocycles. The number of rotatable bonds is 4. The summed E-state index contributed by atoms with van der Waals surface area (Å²) in [6.07, 6.45) is 4.61. The van der Waals surface area contributed by atoms with E-state index in [9.17, 15) is 8.42 Å². The van der Waals surface area contributed by atoms with Crippen molar-refractivity contribution in [2.75, 3.05) is 6.54 Å². The van der Waals surface area contributed by atoms with Crippen LogP contribution in [0.25, 0.3) is 0 Å². The highest BCUT2D eigenvalue weighted by Gasteiger charge is 2.34. The first kappa shape index (κ1) is 20.4. The van der Waals surface area contributed by atoms with E-state index in [-0.39, 0.29) is 10.8 Å². The van der Waals surface area contributed by atoms with Gasteiger partial charge in [-0.15, -0.1) is 11.8 Å². The van der Waals surface area contributed by atoms with Crippen molar-refractivity contribution in [1.82, 2.24) is 9.29 Å². The Bertz CT molecular complexity index is 870. The molecule has 4 nitrogen and oxygen atoms in total. The second-order valence-electron chi connectivity index (χ2n) is 8.08. The van der Waals surface area contributed by atoms with Crippen molar-refractivity contribution in [3.63, 3.8) is 0 Å². The maximum Gasteiger partial charge on any atom is 0.243 e. The van der Waals surface area contributed by atoms with Gasteiger partial charge in [0, 0.05) is 17.5 Å². The van der Waals surface area contributed by atoms with Crippen molar-refractivity contribution in [2.45, 2.75) is 67.7 Å². The van der Waals surface area contributed by atoms with E-state index in [2.05, 4.69) is 25.8 Å². The van der Waals surface area contributed by atoms with Gasteiger partial charge >= 0.3 is 0 Å². The predicted octanol–water partition coefficient (Wildman–Crippen LogP) is 5.20. The number of sulfonamides is 1. The Kier molecular flexibility index (Phi) is 5.99. The summed E-state index contributed by atoms with van der Waals surface area (Å²) in [5.41, 5.74) is 2.03. The Balaban J connectivity index is 1.88. The van der Waals surface area contributed by atoms with Crippen molar-refractivity contribution in [1.29, 1.82) is 0 Å². The number of nitrogens with zero attached hydrogens (tertiary/aromatic N) is 2. The summed E-state index contributed by atoms with van der Waals surface area (Å²) < 4.78 is 28.2. The lowest BCUT2D eigenvalue weighted by molar-refractivity contribution is 0.255. The molecule has 0 bridgehead atoms. The number of aryl methyl sites for hydroxylation is 1. The highest BCUT2D eigenvalue weighted by molar-refractivity contribution is 8.00. The molecule has 146 valence electrons. The monoisotopic (exact) mass is 404 g/mol. The SMILES string of the molecule is Cc1ccc(S(=O)(=O)N2CCCC[C@H]2c2ccc(SC(C)(C)C)nc2)cc1. The van der Waals surface area contributed by atoms with E-state index < -0.39 is 10.0 Å². The van der Waals surface area contributed by atoms with Gasteiger partial charge in [0.1, 0.15) is 0 Å². The second kappa shape index (κ2) is 7.94. The molecule has 0 amide bonds. The Hall–Kier alpha value is -1.37. The Morgan fingerprint density at radius 3 is 2.37 bits per heavy atom. The molecule has 0 spiro atoms. The fourth-order valence-corrected chi connectivity index (χ4v) is 5.89. The number of hydrogen-bond donors (Lipinski definition) is 0. The molecule has 0 radical (unpaired) electrons. The second-order valence-corrected chi connectivity index (χ2v) is 11.8. The summed E-state index contributed by atoms with van der Waals surface area (Å²) in [5.74, 6) is 0. The fraction of sp³-hybridized carbons (Fsp3) is 0.476. The first-order valence-corrected chi connectivity index (χ1v) is 11.7. The van der Waals surface area contributed by atoms with E-state index in [1.54, 1.807) is 28.2 Å². The van der Waals surface area contributed by atoms with Gasteiger partial charge in [-0.3, -0.25) is 0 Å². The molecule has 0 saturated carbocycles. The number of hydrogen-bond acceptors (Lipinski definition) is 4. The summed E-state index contributed by atoms with van der Waals surface area (Å²) in [5, 5.41) is 0.968. The first-order chi connectivity index (χ1) is 12.7. The topological polar surface area (TPSA) is 50.3 Å². The van der Waals surface area contributed by atoms with Gasteiger partial charge in [0.05, 0.1) is 16.0 Å². The van der Waals surface area contributed by atoms with Crippen LogP contribution in [0.5, 0.6) is 0 Å². The number of thioether (sulfide) groups is 1. The smallest absolute Gasteiger partial charge is 0.243 e. The van der Waals surface area contributed by atoms with Crippen molar-refractivity contribution in [3.05, 3.63) is 53.7 Å². The predicted molar refractivity (Wildman–Crippen MR) is 112 cm³/mol. The van der Waals surface area contributed by atoms with Gasteiger partial charge in [-0.2, -0.15) is 4.31 Å². The molecule has 1 fully saturated rings. The maximum absolute atomic E-state index is 13.2. The number of piperidine rings is 1. The van der Waals surface area contributed by atoms with E-state index in [1.165, 1.54) is 0 Å². The molecule has 0 aliphatic carbocycles. The molecular formula is C21H28N2O2S2. The van der Waals surface area contributed by atoms with Crippen molar-refractivity contribution in [3.8, 4) is 0 Å². The van der Waals surface area contributed by atoms with E-state index in [1.807, 2.05) is 37.4 Å². The van der Waals surface area contributed by atoms with Crippen molar-refractivity contribution in [2.24, 2.45) is 0 Å². The summed E-state index contributed by atoms with van der Waals surface area (Å²) in [6, 6.07) is 11.0. The van der Waals surface area contributed by atoms with E-state index in [0.717, 1.165) is 35.4 Å². The van der Waals surface area contributed by atoms with Crippen LogP contribution in [0.2, 0.25) is 0 Å². The Morgan fingerprint density at radius 2 is 1.78 bits per heavy atom. The minimum absolute atomic E-state index is 0.0974. The normalized spacial score (nSPS) is 19.2. The Labute approximate surface area is 167 Å². The van der Waals surface area contributed by atoms with Crippen LogP contribution in [0.15, 0.2) is 52.5 Å². The van der Waals surface area contributed by atoms with Crippen LogP contribution in [0, 0.1) is 6.92 Å². The van der Waals surface area contributed by atoms with Gasteiger partial charge in [0.2, 0.25) is 10.0 Å². The molecular weight excluding hydrogens is 376 g/mol. The van der Waals surface area contributed by atoms with Crippen LogP contribution in [-0.2, 0) is 10.0 Å². The Morgan fingerprint density at radius 1 is 1.07 bits per heavy atom. The number of aromatic nitrogens is 1. The molecule has 1 aliphatic heterocycles. The third-order valence-corrected chi connectivity index (χ3v) is 7.62. The van der Waals surface area contributed by atoms with Gasteiger partial charge in [-0.05, 0) is 43.5 Å². The summed E-state index contributed by atoms with van der Waals surface area (Å²) in [4.78, 5) is 4.95. The van der Waals surface area contributed by atoms with Crippen LogP contribution in [-0.4, -0.2) is 29.0 Å². The molecule has 3 rings (SSSR count). The highest BCUT2D eigenvalue weighted by Crippen LogP contribution is 2.36. The third kappa shape index (κ3) is 4.92. The number of benzene rings is 1. The van der Waals surface area contributed by atoms with Crippen LogP contribution in [0.3, 0.4) is 0 Å². The quantitative estimate of drug-likeness (QED) is 0.658. The fourth-order valence-electron chi connectivity index (χ4n) is 3.33. The molecule has 27 heavy (non-hydrogen) atoms. The zero-order chi connectivity index (χ0) is 19.7. The minimum atomic E-state index is -3.51. The molecule has 2 aromatic rings. The van der Waals surface area contributed by atoms with Crippen molar-refractivity contribution >= 4 is 21.8 Å². The average molecular weight is 405 g/mol. The van der Waals surface area contributed by atoms with Gasteiger partial charge < -0.3 is 0 Å². The van der Waals surface area contributed by atoms with E-state index >= 15 is 0 Å². The van der Waals surface area contributed by atoms with E-state index in [4.69, 9.17) is 0 Å². The lowest BCUT2D eigenvalue weighted by atomic mass is 9.99. The molecule has 1 atom stereocenters. The lowest BCUT2D eigenvalue weighted by Gasteiger charge is -2.35. The maximum atomic E-state index is 13.2. The third-order valence-electron chi connectivity index (χ3n) is 4.64. The molecule has 0 unspecified atom stereocenters. The first-order valence-electron chi connectivity index (χ1n) is 9.40. The zero-order valence-electron chi connectivity index (χ0n) is 16.5. The molecule has 1 saturated heterocycles. The highest BCUT2D eigenvalue weighted by atomic mass is 32.2. The van der Waals surface area contributed by atoms with Gasteiger partial charge in [-0.1, -0.05) is 51.0 Å². The van der Waals surface area contributed by atoms with Crippen LogP contribution < -0.4 is 0 Å². The zero-order valence-corrected chi connectivity index (χ0v) is 18.1. The summed E-state index contributed by atoms with van der Waals surface area (Å²) in [7, 11) is -3.51. The minimum Gasteiger partial charge on any atom is -0.250 e. The number of pyridine rings is 1. The average Bonchev–Trinajstić information content (AvgIpc) is 2.61. The molecule has 6 heteroatoms. The van der Waals surface area contributed by atoms with Gasteiger partial charge in [0.25, 0.3) is 0 Å². The van der Waals surface area contributed by atoms with Crippen LogP contribution in [0.1, 0.15) is 57.2 Å². The molecule has 1 aromatic carbocycles.